The zero-order valence-electron chi connectivity index (χ0n) is 12.2. The number of likely N-dealkylation sites (tertiary alicyclic amines) is 1. The molecule has 1 aliphatic heterocycles. The maximum absolute atomic E-state index is 12.5. The van der Waals surface area contributed by atoms with Crippen molar-refractivity contribution in [3.8, 4) is 0 Å². The van der Waals surface area contributed by atoms with E-state index in [1.165, 1.54) is 0 Å². The number of benzene rings is 1. The topological polar surface area (TPSA) is 40.5 Å². The number of amides is 1. The lowest BCUT2D eigenvalue weighted by Gasteiger charge is -2.46. The molecule has 3 heteroatoms. The van der Waals surface area contributed by atoms with Crippen LogP contribution in [0.25, 0.3) is 0 Å². The van der Waals surface area contributed by atoms with Gasteiger partial charge in [-0.05, 0) is 23.5 Å². The molecule has 19 heavy (non-hydrogen) atoms. The van der Waals surface area contributed by atoms with Crippen LogP contribution in [0.5, 0.6) is 0 Å². The smallest absolute Gasteiger partial charge is 0.254 e. The lowest BCUT2D eigenvalue weighted by Crippen LogP contribution is -2.63. The van der Waals surface area contributed by atoms with Crippen LogP contribution in [0.15, 0.2) is 24.3 Å². The van der Waals surface area contributed by atoms with E-state index in [0.29, 0.717) is 19.5 Å². The Morgan fingerprint density at radius 1 is 1.32 bits per heavy atom. The molecule has 1 amide bonds. The summed E-state index contributed by atoms with van der Waals surface area (Å²) < 4.78 is 0. The van der Waals surface area contributed by atoms with E-state index in [2.05, 4.69) is 20.8 Å². The third kappa shape index (κ3) is 2.66. The molecule has 1 aliphatic rings. The normalized spacial score (nSPS) is 18.1. The van der Waals surface area contributed by atoms with Crippen LogP contribution >= 0.6 is 0 Å². The van der Waals surface area contributed by atoms with Crippen LogP contribution in [0.2, 0.25) is 0 Å². The van der Waals surface area contributed by atoms with Gasteiger partial charge in [0, 0.05) is 5.56 Å². The minimum Gasteiger partial charge on any atom is -0.386 e. The summed E-state index contributed by atoms with van der Waals surface area (Å²) in [4.78, 5) is 14.2. The van der Waals surface area contributed by atoms with Crippen LogP contribution in [-0.2, 0) is 5.41 Å². The average molecular weight is 261 g/mol. The molecular weight excluding hydrogens is 238 g/mol. The summed E-state index contributed by atoms with van der Waals surface area (Å²) >= 11 is 0. The second-order valence-corrected chi connectivity index (χ2v) is 6.53. The fourth-order valence-corrected chi connectivity index (χ4v) is 2.53. The molecule has 1 heterocycles. The summed E-state index contributed by atoms with van der Waals surface area (Å²) in [6.07, 6.45) is 0.692. The lowest BCUT2D eigenvalue weighted by molar-refractivity contribution is -0.0827. The number of β-amino-alcohol motifs (C(OH)–C–C–N with tert-alkyl or cyclic N) is 1. The van der Waals surface area contributed by atoms with Crippen molar-refractivity contribution in [2.75, 3.05) is 13.1 Å². The largest absolute Gasteiger partial charge is 0.386 e. The summed E-state index contributed by atoms with van der Waals surface area (Å²) in [5.74, 6) is 0.0312. The molecule has 1 saturated heterocycles. The highest BCUT2D eigenvalue weighted by molar-refractivity contribution is 5.96. The SMILES string of the molecule is CCC1(O)CN(C(=O)c2ccccc2C(C)(C)C)C1. The Balaban J connectivity index is 2.22. The predicted octanol–water partition coefficient (Wildman–Crippen LogP) is 2.58. The number of aliphatic hydroxyl groups is 1. The Labute approximate surface area is 115 Å². The zero-order chi connectivity index (χ0) is 14.3. The molecule has 0 saturated carbocycles. The van der Waals surface area contributed by atoms with Gasteiger partial charge in [-0.25, -0.2) is 0 Å². The fourth-order valence-electron chi connectivity index (χ4n) is 2.53. The van der Waals surface area contributed by atoms with Gasteiger partial charge in [0.15, 0.2) is 0 Å². The molecule has 1 N–H and O–H groups in total. The molecular formula is C16H23NO2. The first-order valence-electron chi connectivity index (χ1n) is 6.88. The van der Waals surface area contributed by atoms with Crippen LogP contribution in [0.3, 0.4) is 0 Å². The highest BCUT2D eigenvalue weighted by Crippen LogP contribution is 2.30. The Bertz CT molecular complexity index is 482. The van der Waals surface area contributed by atoms with E-state index in [0.717, 1.165) is 11.1 Å². The second kappa shape index (κ2) is 4.64. The third-order valence-electron chi connectivity index (χ3n) is 3.88. The molecule has 1 fully saturated rings. The molecule has 2 rings (SSSR count). The Hall–Kier alpha value is -1.35. The van der Waals surface area contributed by atoms with Gasteiger partial charge in [0.1, 0.15) is 0 Å². The van der Waals surface area contributed by atoms with Crippen molar-refractivity contribution in [3.63, 3.8) is 0 Å². The van der Waals surface area contributed by atoms with E-state index >= 15 is 0 Å². The highest BCUT2D eigenvalue weighted by Gasteiger charge is 2.42. The number of nitrogens with zero attached hydrogens (tertiary/aromatic N) is 1. The Morgan fingerprint density at radius 2 is 1.89 bits per heavy atom. The highest BCUT2D eigenvalue weighted by atomic mass is 16.3. The summed E-state index contributed by atoms with van der Waals surface area (Å²) in [6, 6.07) is 7.76. The van der Waals surface area contributed by atoms with Gasteiger partial charge >= 0.3 is 0 Å². The van der Waals surface area contributed by atoms with Gasteiger partial charge in [-0.2, -0.15) is 0 Å². The predicted molar refractivity (Wildman–Crippen MR) is 76.3 cm³/mol. The Morgan fingerprint density at radius 3 is 2.42 bits per heavy atom. The van der Waals surface area contributed by atoms with Crippen molar-refractivity contribution in [1.29, 1.82) is 0 Å². The average Bonchev–Trinajstić information content (AvgIpc) is 2.33. The minimum absolute atomic E-state index is 0.0312. The van der Waals surface area contributed by atoms with Crippen molar-refractivity contribution >= 4 is 5.91 Å². The van der Waals surface area contributed by atoms with Crippen LogP contribution < -0.4 is 0 Å². The van der Waals surface area contributed by atoms with Gasteiger partial charge in [0.25, 0.3) is 5.91 Å². The standard InChI is InChI=1S/C16H23NO2/c1-5-16(19)10-17(11-16)14(18)12-8-6-7-9-13(12)15(2,3)4/h6-9,19H,5,10-11H2,1-4H3. The molecule has 1 aromatic rings. The summed E-state index contributed by atoms with van der Waals surface area (Å²) in [7, 11) is 0. The molecule has 1 aromatic carbocycles. The maximum atomic E-state index is 12.5. The quantitative estimate of drug-likeness (QED) is 0.889. The monoisotopic (exact) mass is 261 g/mol. The molecule has 0 aromatic heterocycles. The van der Waals surface area contributed by atoms with Gasteiger partial charge < -0.3 is 10.0 Å². The van der Waals surface area contributed by atoms with E-state index in [-0.39, 0.29) is 11.3 Å². The first-order chi connectivity index (χ1) is 8.77. The van der Waals surface area contributed by atoms with Crippen LogP contribution in [0.4, 0.5) is 0 Å². The van der Waals surface area contributed by atoms with Crippen molar-refractivity contribution < 1.29 is 9.90 Å². The Kier molecular flexibility index (Phi) is 3.43. The summed E-state index contributed by atoms with van der Waals surface area (Å²) in [5, 5.41) is 10.0. The van der Waals surface area contributed by atoms with Gasteiger partial charge in [-0.1, -0.05) is 45.9 Å². The molecule has 0 radical (unpaired) electrons. The van der Waals surface area contributed by atoms with Crippen LogP contribution in [0.1, 0.15) is 50.0 Å². The van der Waals surface area contributed by atoms with Crippen molar-refractivity contribution in [3.05, 3.63) is 35.4 Å². The summed E-state index contributed by atoms with van der Waals surface area (Å²) in [5.41, 5.74) is 1.09. The maximum Gasteiger partial charge on any atom is 0.254 e. The van der Waals surface area contributed by atoms with Gasteiger partial charge in [-0.3, -0.25) is 4.79 Å². The van der Waals surface area contributed by atoms with Crippen molar-refractivity contribution in [1.82, 2.24) is 4.90 Å². The van der Waals surface area contributed by atoms with Crippen molar-refractivity contribution in [2.45, 2.75) is 45.1 Å². The number of carbonyl (C=O) groups is 1. The van der Waals surface area contributed by atoms with Crippen molar-refractivity contribution in [2.24, 2.45) is 0 Å². The molecule has 3 nitrogen and oxygen atoms in total. The number of carbonyl (C=O) groups excluding carboxylic acids is 1. The number of rotatable bonds is 2. The number of hydrogen-bond acceptors (Lipinski definition) is 2. The van der Waals surface area contributed by atoms with E-state index in [4.69, 9.17) is 0 Å². The minimum atomic E-state index is -0.674. The molecule has 0 atom stereocenters. The third-order valence-corrected chi connectivity index (χ3v) is 3.88. The first-order valence-corrected chi connectivity index (χ1v) is 6.88. The molecule has 104 valence electrons. The lowest BCUT2D eigenvalue weighted by atomic mass is 9.82. The van der Waals surface area contributed by atoms with Gasteiger partial charge in [0.05, 0.1) is 18.7 Å². The number of hydrogen-bond donors (Lipinski definition) is 1. The molecule has 0 bridgehead atoms. The van der Waals surface area contributed by atoms with Crippen LogP contribution in [-0.4, -0.2) is 34.6 Å². The van der Waals surface area contributed by atoms with Gasteiger partial charge in [-0.15, -0.1) is 0 Å². The van der Waals surface area contributed by atoms with Crippen LogP contribution in [0, 0.1) is 0 Å². The van der Waals surface area contributed by atoms with E-state index in [1.807, 2.05) is 31.2 Å². The molecule has 0 unspecified atom stereocenters. The van der Waals surface area contributed by atoms with E-state index in [9.17, 15) is 9.90 Å². The molecule has 0 aliphatic carbocycles. The van der Waals surface area contributed by atoms with E-state index in [1.54, 1.807) is 4.90 Å². The van der Waals surface area contributed by atoms with E-state index < -0.39 is 5.60 Å². The molecule has 0 spiro atoms. The zero-order valence-corrected chi connectivity index (χ0v) is 12.2. The summed E-state index contributed by atoms with van der Waals surface area (Å²) in [6.45, 7) is 9.17. The fraction of sp³-hybridized carbons (Fsp3) is 0.562. The van der Waals surface area contributed by atoms with Gasteiger partial charge in [0.2, 0.25) is 0 Å². The second-order valence-electron chi connectivity index (χ2n) is 6.53. The first kappa shape index (κ1) is 14.1.